The molecule has 154 valence electrons. The van der Waals surface area contributed by atoms with E-state index in [2.05, 4.69) is 9.13 Å². The van der Waals surface area contributed by atoms with Gasteiger partial charge in [0.1, 0.15) is 5.84 Å². The zero-order chi connectivity index (χ0) is 20.6. The van der Waals surface area contributed by atoms with Gasteiger partial charge < -0.3 is 9.64 Å². The molecular weight excluding hydrogens is 523 g/mol. The zero-order valence-electron chi connectivity index (χ0n) is 12.7. The molecule has 0 aliphatic carbocycles. The summed E-state index contributed by atoms with van der Waals surface area (Å²) in [5.74, 6) is -0.644. The second kappa shape index (κ2) is 7.50. The standard InChI is InChI=1S/C10H11F8IN2O4S/c1-6(21-2-4-24-5-3-21)20-26(22,23)10(17,18)9(15,16)25-8(13,14)7(11,12)19/h2-5H2,1H3/b20-6+. The van der Waals surface area contributed by atoms with Crippen molar-refractivity contribution in [2.45, 2.75) is 28.3 Å². The van der Waals surface area contributed by atoms with Crippen molar-refractivity contribution >= 4 is 38.4 Å². The third kappa shape index (κ3) is 4.86. The third-order valence-corrected chi connectivity index (χ3v) is 4.99. The Morgan fingerprint density at radius 2 is 1.50 bits per heavy atom. The molecule has 0 saturated carbocycles. The average molecular weight is 534 g/mol. The van der Waals surface area contributed by atoms with E-state index >= 15 is 0 Å². The molecule has 0 amide bonds. The predicted molar refractivity (Wildman–Crippen MR) is 79.3 cm³/mol. The summed E-state index contributed by atoms with van der Waals surface area (Å²) in [5.41, 5.74) is 0. The number of hydrogen-bond donors (Lipinski definition) is 0. The van der Waals surface area contributed by atoms with E-state index in [4.69, 9.17) is 4.74 Å². The molecule has 1 rings (SSSR count). The molecule has 0 aromatic rings. The lowest BCUT2D eigenvalue weighted by Crippen LogP contribution is -2.54. The second-order valence-electron chi connectivity index (χ2n) is 4.86. The second-order valence-corrected chi connectivity index (χ2v) is 7.86. The van der Waals surface area contributed by atoms with E-state index < -0.39 is 37.3 Å². The van der Waals surface area contributed by atoms with Crippen LogP contribution in [-0.2, 0) is 19.5 Å². The smallest absolute Gasteiger partial charge is 0.378 e. The summed E-state index contributed by atoms with van der Waals surface area (Å²) in [7, 11) is -6.47. The topological polar surface area (TPSA) is 68.2 Å². The number of rotatable bonds is 6. The Kier molecular flexibility index (Phi) is 6.79. The molecule has 6 nitrogen and oxygen atoms in total. The molecule has 0 atom stereocenters. The molecule has 0 unspecified atom stereocenters. The predicted octanol–water partition coefficient (Wildman–Crippen LogP) is 2.89. The number of morpholine rings is 1. The van der Waals surface area contributed by atoms with Crippen LogP contribution in [0.5, 0.6) is 0 Å². The summed E-state index contributed by atoms with van der Waals surface area (Å²) in [6.07, 6.45) is -12.6. The molecule has 0 aromatic carbocycles. The summed E-state index contributed by atoms with van der Waals surface area (Å²) < 4.78 is 132. The Bertz CT molecular complexity index is 646. The van der Waals surface area contributed by atoms with Gasteiger partial charge in [0.15, 0.2) is 0 Å². The number of halogens is 9. The van der Waals surface area contributed by atoms with Crippen LogP contribution in [0.4, 0.5) is 35.1 Å². The van der Waals surface area contributed by atoms with Gasteiger partial charge in [0.05, 0.1) is 13.2 Å². The number of amidine groups is 1. The Labute approximate surface area is 155 Å². The summed E-state index contributed by atoms with van der Waals surface area (Å²) >= 11 is -0.324. The van der Waals surface area contributed by atoms with Crippen LogP contribution < -0.4 is 0 Å². The van der Waals surface area contributed by atoms with E-state index in [1.807, 2.05) is 0 Å². The van der Waals surface area contributed by atoms with Gasteiger partial charge in [0.25, 0.3) is 0 Å². The van der Waals surface area contributed by atoms with Gasteiger partial charge in [-0.2, -0.15) is 43.5 Å². The van der Waals surface area contributed by atoms with Crippen LogP contribution >= 0.6 is 22.6 Å². The van der Waals surface area contributed by atoms with Gasteiger partial charge in [-0.3, -0.25) is 0 Å². The van der Waals surface area contributed by atoms with E-state index in [1.54, 1.807) is 0 Å². The largest absolute Gasteiger partial charge is 0.455 e. The highest BCUT2D eigenvalue weighted by Crippen LogP contribution is 2.49. The van der Waals surface area contributed by atoms with E-state index in [0.717, 1.165) is 11.8 Å². The average Bonchev–Trinajstić information content (AvgIpc) is 2.45. The minimum atomic E-state index is -6.50. The lowest BCUT2D eigenvalue weighted by atomic mass is 10.4. The van der Waals surface area contributed by atoms with Crippen LogP contribution in [0.15, 0.2) is 4.40 Å². The van der Waals surface area contributed by atoms with Gasteiger partial charge in [-0.05, 0) is 6.92 Å². The van der Waals surface area contributed by atoms with Crippen LogP contribution in [0.1, 0.15) is 6.92 Å². The summed E-state index contributed by atoms with van der Waals surface area (Å²) in [5, 5.41) is -6.35. The molecule has 0 bridgehead atoms. The summed E-state index contributed by atoms with van der Waals surface area (Å²) in [6.45, 7) is 1.04. The fourth-order valence-electron chi connectivity index (χ4n) is 1.60. The first-order valence-corrected chi connectivity index (χ1v) is 9.00. The minimum Gasteiger partial charge on any atom is -0.378 e. The van der Waals surface area contributed by atoms with Crippen molar-refractivity contribution in [3.05, 3.63) is 0 Å². The summed E-state index contributed by atoms with van der Waals surface area (Å²) in [4.78, 5) is 1.10. The number of ether oxygens (including phenoxy) is 2. The molecule has 1 saturated heterocycles. The van der Waals surface area contributed by atoms with Crippen LogP contribution in [0.2, 0.25) is 0 Å². The fourth-order valence-corrected chi connectivity index (χ4v) is 2.63. The van der Waals surface area contributed by atoms with Crippen molar-refractivity contribution in [2.24, 2.45) is 4.40 Å². The first-order chi connectivity index (χ1) is 11.4. The van der Waals surface area contributed by atoms with Crippen LogP contribution in [0.25, 0.3) is 0 Å². The molecule has 1 aliphatic rings. The highest BCUT2D eigenvalue weighted by molar-refractivity contribution is 14.1. The molecular formula is C10H11F8IN2O4S. The summed E-state index contributed by atoms with van der Waals surface area (Å²) in [6, 6.07) is 0. The first kappa shape index (κ1) is 23.5. The van der Waals surface area contributed by atoms with Gasteiger partial charge in [-0.1, -0.05) is 0 Å². The Balaban J connectivity index is 3.15. The SMILES string of the molecule is C/C(=N\S(=O)(=O)C(F)(F)C(F)(F)OC(F)(F)C(F)(F)I)N1CCOCC1. The van der Waals surface area contributed by atoms with Crippen LogP contribution in [0.3, 0.4) is 0 Å². The molecule has 0 aromatic heterocycles. The quantitative estimate of drug-likeness (QED) is 0.173. The highest BCUT2D eigenvalue weighted by atomic mass is 127. The van der Waals surface area contributed by atoms with Crippen molar-refractivity contribution in [1.29, 1.82) is 0 Å². The Morgan fingerprint density at radius 1 is 1.04 bits per heavy atom. The van der Waals surface area contributed by atoms with Crippen molar-refractivity contribution < 1.29 is 53.0 Å². The van der Waals surface area contributed by atoms with E-state index in [-0.39, 0.29) is 48.9 Å². The Morgan fingerprint density at radius 3 is 1.92 bits per heavy atom. The third-order valence-electron chi connectivity index (χ3n) is 2.97. The van der Waals surface area contributed by atoms with Gasteiger partial charge in [0.2, 0.25) is 0 Å². The number of sulfonamides is 1. The van der Waals surface area contributed by atoms with Crippen LogP contribution in [-0.4, -0.2) is 66.9 Å². The highest BCUT2D eigenvalue weighted by Gasteiger charge is 2.73. The van der Waals surface area contributed by atoms with Gasteiger partial charge in [0, 0.05) is 35.7 Å². The van der Waals surface area contributed by atoms with Crippen molar-refractivity contribution in [1.82, 2.24) is 4.90 Å². The molecule has 26 heavy (non-hydrogen) atoms. The number of alkyl halides is 9. The first-order valence-electron chi connectivity index (χ1n) is 6.49. The monoisotopic (exact) mass is 534 g/mol. The molecule has 1 heterocycles. The fraction of sp³-hybridized carbons (Fsp3) is 0.900. The number of nitrogens with zero attached hydrogens (tertiary/aromatic N) is 2. The lowest BCUT2D eigenvalue weighted by Gasteiger charge is -2.31. The molecule has 1 aliphatic heterocycles. The van der Waals surface area contributed by atoms with Crippen molar-refractivity contribution in [3.63, 3.8) is 0 Å². The molecule has 1 fully saturated rings. The van der Waals surface area contributed by atoms with E-state index in [0.29, 0.717) is 0 Å². The van der Waals surface area contributed by atoms with E-state index in [9.17, 15) is 43.5 Å². The maximum atomic E-state index is 13.6. The maximum absolute atomic E-state index is 13.6. The van der Waals surface area contributed by atoms with Gasteiger partial charge >= 0.3 is 31.4 Å². The number of hydrogen-bond acceptors (Lipinski definition) is 4. The van der Waals surface area contributed by atoms with E-state index in [1.165, 1.54) is 0 Å². The van der Waals surface area contributed by atoms with Crippen LogP contribution in [0, 0.1) is 0 Å². The normalized spacial score (nSPS) is 19.0. The minimum absolute atomic E-state index is 0.00243. The van der Waals surface area contributed by atoms with Crippen molar-refractivity contribution in [3.8, 4) is 0 Å². The zero-order valence-corrected chi connectivity index (χ0v) is 15.6. The maximum Gasteiger partial charge on any atom is 0.455 e. The lowest BCUT2D eigenvalue weighted by molar-refractivity contribution is -0.438. The molecule has 16 heteroatoms. The van der Waals surface area contributed by atoms with Crippen molar-refractivity contribution in [2.75, 3.05) is 26.3 Å². The molecule has 0 spiro atoms. The van der Waals surface area contributed by atoms with Gasteiger partial charge in [-0.25, -0.2) is 4.74 Å². The molecule has 0 radical (unpaired) electrons. The van der Waals surface area contributed by atoms with Gasteiger partial charge in [-0.15, -0.1) is 4.40 Å². The Hall–Kier alpha value is -0.490. The molecule has 0 N–H and O–H groups in total.